The highest BCUT2D eigenvalue weighted by molar-refractivity contribution is 5.78. The second-order valence-corrected chi connectivity index (χ2v) is 6.77. The van der Waals surface area contributed by atoms with Crippen LogP contribution in [0.2, 0.25) is 0 Å². The monoisotopic (exact) mass is 328 g/mol. The summed E-state index contributed by atoms with van der Waals surface area (Å²) in [6.45, 7) is 4.44. The molecule has 5 rings (SSSR count). The molecule has 2 aromatic rings. The number of halogens is 1. The zero-order valence-corrected chi connectivity index (χ0v) is 13.7. The van der Waals surface area contributed by atoms with Crippen molar-refractivity contribution in [2.24, 2.45) is 5.92 Å². The highest BCUT2D eigenvalue weighted by Gasteiger charge is 2.40. The molecular weight excluding hydrogens is 307 g/mol. The number of aromatic nitrogens is 2. The van der Waals surface area contributed by atoms with Crippen molar-refractivity contribution >= 4 is 6.03 Å². The normalized spacial score (nSPS) is 28.8. The van der Waals surface area contributed by atoms with E-state index in [9.17, 15) is 9.18 Å². The van der Waals surface area contributed by atoms with Crippen molar-refractivity contribution in [3.05, 3.63) is 42.5 Å². The van der Waals surface area contributed by atoms with Crippen molar-refractivity contribution < 1.29 is 9.18 Å². The summed E-state index contributed by atoms with van der Waals surface area (Å²) in [5.41, 5.74) is 1.44. The lowest BCUT2D eigenvalue weighted by Gasteiger charge is -2.49. The van der Waals surface area contributed by atoms with Crippen molar-refractivity contribution in [1.29, 1.82) is 0 Å². The molecule has 3 aliphatic heterocycles. The van der Waals surface area contributed by atoms with Crippen LogP contribution in [0.5, 0.6) is 0 Å². The van der Waals surface area contributed by atoms with E-state index in [1.54, 1.807) is 24.5 Å². The van der Waals surface area contributed by atoms with Gasteiger partial charge in [-0.1, -0.05) is 12.1 Å². The van der Waals surface area contributed by atoms with Gasteiger partial charge in [-0.05, 0) is 56.5 Å². The number of hydrogen-bond donors (Lipinski definition) is 1. The third-order valence-corrected chi connectivity index (χ3v) is 5.42. The lowest BCUT2D eigenvalue weighted by molar-refractivity contribution is 0.0266. The minimum absolute atomic E-state index is 0.168. The Morgan fingerprint density at radius 3 is 2.79 bits per heavy atom. The molecule has 2 atom stereocenters. The Morgan fingerprint density at radius 1 is 1.29 bits per heavy atom. The summed E-state index contributed by atoms with van der Waals surface area (Å²) in [6.07, 6.45) is 5.52. The third kappa shape index (κ3) is 2.71. The van der Waals surface area contributed by atoms with Crippen LogP contribution in [0.15, 0.2) is 36.7 Å². The third-order valence-electron chi connectivity index (χ3n) is 5.42. The molecule has 5 nitrogen and oxygen atoms in total. The summed E-state index contributed by atoms with van der Waals surface area (Å²) in [6, 6.07) is 6.60. The maximum absolute atomic E-state index is 13.3. The predicted octanol–water partition coefficient (Wildman–Crippen LogP) is 2.73. The van der Waals surface area contributed by atoms with Gasteiger partial charge in [0.1, 0.15) is 5.82 Å². The SMILES string of the molecule is C[C@@H]1[C@H](NC(=O)n2cc(-c3cccc(F)c3)cn2)C2CCN1CC2. The number of amides is 1. The number of carbonyl (C=O) groups excluding carboxylic acids is 1. The molecule has 6 heteroatoms. The lowest BCUT2D eigenvalue weighted by Crippen LogP contribution is -2.62. The molecule has 1 aromatic carbocycles. The van der Waals surface area contributed by atoms with Gasteiger partial charge >= 0.3 is 6.03 Å². The van der Waals surface area contributed by atoms with Gasteiger partial charge < -0.3 is 5.32 Å². The molecule has 0 radical (unpaired) electrons. The second kappa shape index (κ2) is 6.02. The van der Waals surface area contributed by atoms with Crippen LogP contribution >= 0.6 is 0 Å². The van der Waals surface area contributed by atoms with Gasteiger partial charge in [0, 0.05) is 23.8 Å². The first kappa shape index (κ1) is 15.3. The van der Waals surface area contributed by atoms with E-state index in [2.05, 4.69) is 22.2 Å². The van der Waals surface area contributed by atoms with E-state index >= 15 is 0 Å². The summed E-state index contributed by atoms with van der Waals surface area (Å²) in [4.78, 5) is 15.0. The Balaban J connectivity index is 1.49. The summed E-state index contributed by atoms with van der Waals surface area (Å²) in [5.74, 6) is 0.248. The van der Waals surface area contributed by atoms with Gasteiger partial charge in [-0.25, -0.2) is 9.18 Å². The standard InChI is InChI=1S/C18H21FN4O/c1-12-17(13-5-7-22(12)8-6-13)21-18(24)23-11-15(10-20-23)14-3-2-4-16(19)9-14/h2-4,9-13,17H,5-8H2,1H3,(H,21,24)/t12-,17+/m1/s1. The first-order valence-electron chi connectivity index (χ1n) is 8.47. The van der Waals surface area contributed by atoms with Crippen molar-refractivity contribution in [3.63, 3.8) is 0 Å². The van der Waals surface area contributed by atoms with Gasteiger partial charge in [0.2, 0.25) is 0 Å². The van der Waals surface area contributed by atoms with Crippen LogP contribution in [-0.4, -0.2) is 45.9 Å². The van der Waals surface area contributed by atoms with E-state index < -0.39 is 0 Å². The molecule has 24 heavy (non-hydrogen) atoms. The zero-order valence-electron chi connectivity index (χ0n) is 13.7. The van der Waals surface area contributed by atoms with Crippen molar-refractivity contribution in [2.45, 2.75) is 31.8 Å². The van der Waals surface area contributed by atoms with Crippen LogP contribution in [0.4, 0.5) is 9.18 Å². The molecule has 4 heterocycles. The van der Waals surface area contributed by atoms with Crippen molar-refractivity contribution in [2.75, 3.05) is 13.1 Å². The number of piperidine rings is 3. The first-order valence-corrected chi connectivity index (χ1v) is 8.47. The second-order valence-electron chi connectivity index (χ2n) is 6.77. The smallest absolute Gasteiger partial charge is 0.332 e. The molecule has 0 aliphatic carbocycles. The van der Waals surface area contributed by atoms with E-state index in [0.717, 1.165) is 31.5 Å². The van der Waals surface area contributed by atoms with Gasteiger partial charge in [0.15, 0.2) is 0 Å². The molecule has 3 fully saturated rings. The number of hydrogen-bond acceptors (Lipinski definition) is 3. The molecule has 126 valence electrons. The molecule has 0 unspecified atom stereocenters. The fourth-order valence-corrected chi connectivity index (χ4v) is 4.00. The van der Waals surface area contributed by atoms with E-state index in [1.807, 2.05) is 0 Å². The Bertz CT molecular complexity index is 749. The largest absolute Gasteiger partial charge is 0.342 e. The fourth-order valence-electron chi connectivity index (χ4n) is 4.00. The molecular formula is C18H21FN4O. The molecule has 3 saturated heterocycles. The number of nitrogens with zero attached hydrogens (tertiary/aromatic N) is 3. The maximum atomic E-state index is 13.3. The Labute approximate surface area is 140 Å². The minimum atomic E-state index is -0.300. The van der Waals surface area contributed by atoms with Crippen molar-refractivity contribution in [1.82, 2.24) is 20.0 Å². The number of fused-ring (bicyclic) bond motifs is 3. The Morgan fingerprint density at radius 2 is 2.08 bits per heavy atom. The highest BCUT2D eigenvalue weighted by atomic mass is 19.1. The van der Waals surface area contributed by atoms with Gasteiger partial charge in [-0.15, -0.1) is 0 Å². The molecule has 3 aliphatic rings. The van der Waals surface area contributed by atoms with Gasteiger partial charge in [-0.2, -0.15) is 9.78 Å². The molecule has 0 spiro atoms. The fraction of sp³-hybridized carbons (Fsp3) is 0.444. The molecule has 1 amide bonds. The number of benzene rings is 1. The zero-order chi connectivity index (χ0) is 16.7. The average molecular weight is 328 g/mol. The van der Waals surface area contributed by atoms with Crippen LogP contribution in [0, 0.1) is 11.7 Å². The number of nitrogens with one attached hydrogen (secondary N) is 1. The molecule has 1 aromatic heterocycles. The van der Waals surface area contributed by atoms with Crippen LogP contribution in [0.3, 0.4) is 0 Å². The van der Waals surface area contributed by atoms with Gasteiger partial charge in [0.25, 0.3) is 0 Å². The van der Waals surface area contributed by atoms with E-state index in [4.69, 9.17) is 0 Å². The molecule has 2 bridgehead atoms. The van der Waals surface area contributed by atoms with Gasteiger partial charge in [-0.3, -0.25) is 4.90 Å². The number of carbonyl (C=O) groups is 1. The molecule has 1 N–H and O–H groups in total. The quantitative estimate of drug-likeness (QED) is 0.922. The van der Waals surface area contributed by atoms with Crippen LogP contribution in [-0.2, 0) is 0 Å². The predicted molar refractivity (Wildman–Crippen MR) is 89.1 cm³/mol. The van der Waals surface area contributed by atoms with E-state index in [0.29, 0.717) is 17.5 Å². The summed E-state index contributed by atoms with van der Waals surface area (Å²) in [7, 11) is 0. The topological polar surface area (TPSA) is 50.2 Å². The Kier molecular flexibility index (Phi) is 3.84. The van der Waals surface area contributed by atoms with Crippen LogP contribution < -0.4 is 5.32 Å². The highest BCUT2D eigenvalue weighted by Crippen LogP contribution is 2.32. The maximum Gasteiger partial charge on any atom is 0.342 e. The first-order chi connectivity index (χ1) is 11.6. The van der Waals surface area contributed by atoms with Crippen LogP contribution in [0.25, 0.3) is 11.1 Å². The summed E-state index contributed by atoms with van der Waals surface area (Å²) < 4.78 is 14.7. The average Bonchev–Trinajstić information content (AvgIpc) is 3.09. The lowest BCUT2D eigenvalue weighted by atomic mass is 9.79. The van der Waals surface area contributed by atoms with Crippen LogP contribution in [0.1, 0.15) is 19.8 Å². The van der Waals surface area contributed by atoms with E-state index in [-0.39, 0.29) is 17.9 Å². The Hall–Kier alpha value is -2.21. The van der Waals surface area contributed by atoms with Crippen molar-refractivity contribution in [3.8, 4) is 11.1 Å². The number of rotatable bonds is 2. The minimum Gasteiger partial charge on any atom is -0.332 e. The molecule has 0 saturated carbocycles. The summed E-state index contributed by atoms with van der Waals surface area (Å²) >= 11 is 0. The summed E-state index contributed by atoms with van der Waals surface area (Å²) in [5, 5.41) is 7.28. The van der Waals surface area contributed by atoms with Gasteiger partial charge in [0.05, 0.1) is 6.20 Å². The van der Waals surface area contributed by atoms with E-state index in [1.165, 1.54) is 16.8 Å².